The highest BCUT2D eigenvalue weighted by Crippen LogP contribution is 2.22. The Morgan fingerprint density at radius 2 is 2.19 bits per heavy atom. The number of likely N-dealkylation sites (N-methyl/N-ethyl adjacent to an activating group) is 1. The van der Waals surface area contributed by atoms with Gasteiger partial charge in [0.15, 0.2) is 0 Å². The Labute approximate surface area is 98.4 Å². The molecule has 1 aromatic heterocycles. The lowest BCUT2D eigenvalue weighted by Crippen LogP contribution is -2.34. The van der Waals surface area contributed by atoms with Gasteiger partial charge in [0.25, 0.3) is 0 Å². The van der Waals surface area contributed by atoms with Crippen molar-refractivity contribution in [2.45, 2.75) is 33.2 Å². The predicted molar refractivity (Wildman–Crippen MR) is 67.3 cm³/mol. The summed E-state index contributed by atoms with van der Waals surface area (Å²) in [5, 5.41) is 4.30. The summed E-state index contributed by atoms with van der Waals surface area (Å²) in [6.45, 7) is 9.26. The normalized spacial score (nSPS) is 13.4. The van der Waals surface area contributed by atoms with Gasteiger partial charge < -0.3 is 5.73 Å². The van der Waals surface area contributed by atoms with Crippen molar-refractivity contribution >= 4 is 0 Å². The van der Waals surface area contributed by atoms with Crippen molar-refractivity contribution in [2.75, 3.05) is 19.6 Å². The minimum atomic E-state index is 0.304. The van der Waals surface area contributed by atoms with Gasteiger partial charge in [-0.2, -0.15) is 5.10 Å². The van der Waals surface area contributed by atoms with Crippen molar-refractivity contribution < 1.29 is 0 Å². The summed E-state index contributed by atoms with van der Waals surface area (Å²) in [4.78, 5) is 2.42. The highest BCUT2D eigenvalue weighted by Gasteiger charge is 2.20. The van der Waals surface area contributed by atoms with Crippen LogP contribution in [0.25, 0.3) is 0 Å². The molecular formula is C12H24N4. The molecule has 0 aliphatic carbocycles. The summed E-state index contributed by atoms with van der Waals surface area (Å²) in [5.41, 5.74) is 8.39. The first-order chi connectivity index (χ1) is 7.65. The molecule has 0 fully saturated rings. The highest BCUT2D eigenvalue weighted by atomic mass is 15.3. The molecule has 1 unspecified atom stereocenters. The minimum absolute atomic E-state index is 0.304. The molecule has 0 aliphatic rings. The lowest BCUT2D eigenvalue weighted by molar-refractivity contribution is 0.212. The molecule has 0 radical (unpaired) electrons. The van der Waals surface area contributed by atoms with Crippen LogP contribution in [-0.4, -0.2) is 34.3 Å². The van der Waals surface area contributed by atoms with E-state index in [1.165, 1.54) is 11.3 Å². The molecule has 92 valence electrons. The SMILES string of the molecule is CCCN(CC)C(CN)c1cnn(C)c1C. The van der Waals surface area contributed by atoms with Crippen LogP contribution in [0.4, 0.5) is 0 Å². The van der Waals surface area contributed by atoms with Crippen LogP contribution in [0.5, 0.6) is 0 Å². The molecule has 0 spiro atoms. The zero-order valence-electron chi connectivity index (χ0n) is 10.9. The number of nitrogens with two attached hydrogens (primary N) is 1. The van der Waals surface area contributed by atoms with Gasteiger partial charge in [-0.1, -0.05) is 13.8 Å². The van der Waals surface area contributed by atoms with E-state index in [9.17, 15) is 0 Å². The average Bonchev–Trinajstić information content (AvgIpc) is 2.61. The van der Waals surface area contributed by atoms with E-state index in [1.807, 2.05) is 17.9 Å². The minimum Gasteiger partial charge on any atom is -0.329 e. The van der Waals surface area contributed by atoms with Crippen molar-refractivity contribution in [3.05, 3.63) is 17.5 Å². The summed E-state index contributed by atoms with van der Waals surface area (Å²) in [6.07, 6.45) is 3.11. The van der Waals surface area contributed by atoms with Gasteiger partial charge >= 0.3 is 0 Å². The van der Waals surface area contributed by atoms with Gasteiger partial charge in [0.2, 0.25) is 0 Å². The highest BCUT2D eigenvalue weighted by molar-refractivity contribution is 5.21. The molecule has 4 heteroatoms. The number of aromatic nitrogens is 2. The molecule has 2 N–H and O–H groups in total. The Kier molecular flexibility index (Phi) is 4.96. The Morgan fingerprint density at radius 3 is 2.56 bits per heavy atom. The van der Waals surface area contributed by atoms with Gasteiger partial charge in [-0.3, -0.25) is 9.58 Å². The Bertz CT molecular complexity index is 319. The van der Waals surface area contributed by atoms with E-state index in [0.717, 1.165) is 19.5 Å². The summed E-state index contributed by atoms with van der Waals surface area (Å²) >= 11 is 0. The maximum absolute atomic E-state index is 5.91. The number of nitrogens with zero attached hydrogens (tertiary/aromatic N) is 3. The summed E-state index contributed by atoms with van der Waals surface area (Å²) in [6, 6.07) is 0.304. The van der Waals surface area contributed by atoms with Crippen molar-refractivity contribution in [1.29, 1.82) is 0 Å². The molecule has 0 saturated heterocycles. The third-order valence-corrected chi connectivity index (χ3v) is 3.21. The van der Waals surface area contributed by atoms with Crippen molar-refractivity contribution in [2.24, 2.45) is 12.8 Å². The van der Waals surface area contributed by atoms with Crippen LogP contribution in [0.2, 0.25) is 0 Å². The molecule has 1 heterocycles. The topological polar surface area (TPSA) is 47.1 Å². The maximum Gasteiger partial charge on any atom is 0.0540 e. The fraction of sp³-hybridized carbons (Fsp3) is 0.750. The molecule has 0 amide bonds. The zero-order valence-corrected chi connectivity index (χ0v) is 10.9. The molecule has 1 aromatic rings. The number of aryl methyl sites for hydroxylation is 1. The lowest BCUT2D eigenvalue weighted by Gasteiger charge is -2.29. The first-order valence-corrected chi connectivity index (χ1v) is 6.08. The maximum atomic E-state index is 5.91. The third-order valence-electron chi connectivity index (χ3n) is 3.21. The van der Waals surface area contributed by atoms with Gasteiger partial charge in [-0.05, 0) is 26.4 Å². The Hall–Kier alpha value is -0.870. The van der Waals surface area contributed by atoms with Crippen LogP contribution in [0.15, 0.2) is 6.20 Å². The summed E-state index contributed by atoms with van der Waals surface area (Å²) in [5.74, 6) is 0. The van der Waals surface area contributed by atoms with E-state index < -0.39 is 0 Å². The van der Waals surface area contributed by atoms with Gasteiger partial charge in [0, 0.05) is 24.8 Å². The summed E-state index contributed by atoms with van der Waals surface area (Å²) < 4.78 is 1.91. The molecular weight excluding hydrogens is 200 g/mol. The second-order valence-corrected chi connectivity index (χ2v) is 4.19. The quantitative estimate of drug-likeness (QED) is 0.796. The monoisotopic (exact) mass is 224 g/mol. The molecule has 16 heavy (non-hydrogen) atoms. The molecule has 0 aliphatic heterocycles. The molecule has 1 atom stereocenters. The molecule has 0 saturated carbocycles. The fourth-order valence-corrected chi connectivity index (χ4v) is 2.14. The molecule has 0 bridgehead atoms. The van der Waals surface area contributed by atoms with Crippen LogP contribution >= 0.6 is 0 Å². The predicted octanol–water partition coefficient (Wildman–Crippen LogP) is 1.46. The van der Waals surface area contributed by atoms with E-state index >= 15 is 0 Å². The zero-order chi connectivity index (χ0) is 12.1. The standard InChI is InChI=1S/C12H24N4/c1-5-7-16(6-2)12(8-13)11-9-14-15(4)10(11)3/h9,12H,5-8,13H2,1-4H3. The second-order valence-electron chi connectivity index (χ2n) is 4.19. The first-order valence-electron chi connectivity index (χ1n) is 6.08. The average molecular weight is 224 g/mol. The number of hydrogen-bond acceptors (Lipinski definition) is 3. The smallest absolute Gasteiger partial charge is 0.0540 e. The third kappa shape index (κ3) is 2.62. The largest absolute Gasteiger partial charge is 0.329 e. The van der Waals surface area contributed by atoms with E-state index in [4.69, 9.17) is 5.73 Å². The Morgan fingerprint density at radius 1 is 1.50 bits per heavy atom. The fourth-order valence-electron chi connectivity index (χ4n) is 2.14. The van der Waals surface area contributed by atoms with Crippen LogP contribution in [0.3, 0.4) is 0 Å². The first kappa shape index (κ1) is 13.2. The van der Waals surface area contributed by atoms with E-state index in [1.54, 1.807) is 0 Å². The van der Waals surface area contributed by atoms with Crippen molar-refractivity contribution in [3.63, 3.8) is 0 Å². The van der Waals surface area contributed by atoms with E-state index in [2.05, 4.69) is 30.8 Å². The lowest BCUT2D eigenvalue weighted by atomic mass is 10.1. The van der Waals surface area contributed by atoms with Gasteiger partial charge in [0.1, 0.15) is 0 Å². The van der Waals surface area contributed by atoms with E-state index in [0.29, 0.717) is 12.6 Å². The van der Waals surface area contributed by atoms with Crippen LogP contribution in [0, 0.1) is 6.92 Å². The number of hydrogen-bond donors (Lipinski definition) is 1. The summed E-state index contributed by atoms with van der Waals surface area (Å²) in [7, 11) is 1.97. The van der Waals surface area contributed by atoms with Crippen LogP contribution in [-0.2, 0) is 7.05 Å². The van der Waals surface area contributed by atoms with Crippen molar-refractivity contribution in [3.8, 4) is 0 Å². The number of rotatable bonds is 6. The van der Waals surface area contributed by atoms with Gasteiger partial charge in [-0.15, -0.1) is 0 Å². The molecule has 4 nitrogen and oxygen atoms in total. The molecule has 0 aromatic carbocycles. The van der Waals surface area contributed by atoms with E-state index in [-0.39, 0.29) is 0 Å². The Balaban J connectivity index is 2.92. The second kappa shape index (κ2) is 6.01. The van der Waals surface area contributed by atoms with Crippen molar-refractivity contribution in [1.82, 2.24) is 14.7 Å². The van der Waals surface area contributed by atoms with Crippen LogP contribution < -0.4 is 5.73 Å². The van der Waals surface area contributed by atoms with Gasteiger partial charge in [0.05, 0.1) is 12.2 Å². The molecule has 1 rings (SSSR count). The van der Waals surface area contributed by atoms with Gasteiger partial charge in [-0.25, -0.2) is 0 Å². The van der Waals surface area contributed by atoms with Crippen LogP contribution in [0.1, 0.15) is 37.6 Å².